The van der Waals surface area contributed by atoms with Gasteiger partial charge in [0.05, 0.1) is 11.9 Å². The summed E-state index contributed by atoms with van der Waals surface area (Å²) in [5, 5.41) is 0. The van der Waals surface area contributed by atoms with Crippen molar-refractivity contribution in [3.05, 3.63) is 36.3 Å². The van der Waals surface area contributed by atoms with Crippen molar-refractivity contribution < 1.29 is 13.5 Å². The van der Waals surface area contributed by atoms with E-state index in [1.165, 1.54) is 6.07 Å². The number of alkyl halides is 2. The number of aromatic amines is 1. The van der Waals surface area contributed by atoms with Gasteiger partial charge >= 0.3 is 6.61 Å². The van der Waals surface area contributed by atoms with Crippen LogP contribution in [0.1, 0.15) is 25.1 Å². The minimum atomic E-state index is -2.85. The lowest BCUT2D eigenvalue weighted by Gasteiger charge is -2.09. The average Bonchev–Trinajstić information content (AvgIpc) is 2.88. The summed E-state index contributed by atoms with van der Waals surface area (Å²) in [6, 6.07) is 6.63. The van der Waals surface area contributed by atoms with E-state index >= 15 is 0 Å². The number of hydrogen-bond acceptors (Lipinski definition) is 3. The molecule has 1 aromatic carbocycles. The predicted molar refractivity (Wildman–Crippen MR) is 72.7 cm³/mol. The van der Waals surface area contributed by atoms with Gasteiger partial charge in [-0.2, -0.15) is 8.78 Å². The molecule has 6 heteroatoms. The van der Waals surface area contributed by atoms with Crippen LogP contribution in [0, 0.1) is 0 Å². The maximum atomic E-state index is 12.4. The highest BCUT2D eigenvalue weighted by Crippen LogP contribution is 2.30. The van der Waals surface area contributed by atoms with Crippen molar-refractivity contribution in [1.29, 1.82) is 0 Å². The lowest BCUT2D eigenvalue weighted by atomic mass is 10.1. The van der Waals surface area contributed by atoms with Crippen LogP contribution in [-0.2, 0) is 0 Å². The lowest BCUT2D eigenvalue weighted by Crippen LogP contribution is -2.05. The van der Waals surface area contributed by atoms with Crippen LogP contribution in [-0.4, -0.2) is 23.1 Å². The Morgan fingerprint density at radius 2 is 2.10 bits per heavy atom. The van der Waals surface area contributed by atoms with E-state index in [1.54, 1.807) is 24.4 Å². The van der Waals surface area contributed by atoms with E-state index in [4.69, 9.17) is 5.73 Å². The summed E-state index contributed by atoms with van der Waals surface area (Å²) in [5.41, 5.74) is 6.73. The molecule has 1 unspecified atom stereocenters. The lowest BCUT2D eigenvalue weighted by molar-refractivity contribution is -0.0494. The Morgan fingerprint density at radius 3 is 2.80 bits per heavy atom. The molecule has 2 aromatic rings. The number of para-hydroxylation sites is 1. The molecule has 4 nitrogen and oxygen atoms in total. The minimum Gasteiger partial charge on any atom is -0.434 e. The van der Waals surface area contributed by atoms with Gasteiger partial charge in [0.15, 0.2) is 0 Å². The third-order valence-electron chi connectivity index (χ3n) is 3.06. The Kier molecular flexibility index (Phi) is 4.68. The monoisotopic (exact) mass is 281 g/mol. The normalized spacial score (nSPS) is 12.7. The molecule has 0 saturated carbocycles. The van der Waals surface area contributed by atoms with Crippen molar-refractivity contribution in [3.8, 4) is 17.0 Å². The molecule has 0 aliphatic carbocycles. The SMILES string of the molecule is CC(CCN)c1ncc(-c2ccccc2OC(F)F)[nH]1. The van der Waals surface area contributed by atoms with E-state index in [2.05, 4.69) is 14.7 Å². The molecule has 0 fully saturated rings. The number of imidazole rings is 1. The number of H-pyrrole nitrogens is 1. The van der Waals surface area contributed by atoms with Crippen molar-refractivity contribution in [2.24, 2.45) is 5.73 Å². The van der Waals surface area contributed by atoms with Crippen LogP contribution in [0.3, 0.4) is 0 Å². The summed E-state index contributed by atoms with van der Waals surface area (Å²) in [7, 11) is 0. The van der Waals surface area contributed by atoms with Crippen LogP contribution in [0.4, 0.5) is 8.78 Å². The number of halogens is 2. The minimum absolute atomic E-state index is 0.129. The Labute approximate surface area is 116 Å². The molecule has 3 N–H and O–H groups in total. The molecule has 2 rings (SSSR count). The summed E-state index contributed by atoms with van der Waals surface area (Å²) in [6.07, 6.45) is 2.43. The smallest absolute Gasteiger partial charge is 0.387 e. The van der Waals surface area contributed by atoms with Gasteiger partial charge in [0.2, 0.25) is 0 Å². The van der Waals surface area contributed by atoms with Gasteiger partial charge in [0.25, 0.3) is 0 Å². The van der Waals surface area contributed by atoms with Crippen molar-refractivity contribution in [2.45, 2.75) is 25.9 Å². The maximum Gasteiger partial charge on any atom is 0.387 e. The van der Waals surface area contributed by atoms with Crippen LogP contribution in [0.5, 0.6) is 5.75 Å². The predicted octanol–water partition coefficient (Wildman–Crippen LogP) is 3.13. The van der Waals surface area contributed by atoms with E-state index in [1.807, 2.05) is 6.92 Å². The number of aromatic nitrogens is 2. The molecular formula is C14H17F2N3O. The molecular weight excluding hydrogens is 264 g/mol. The van der Waals surface area contributed by atoms with Crippen LogP contribution in [0.15, 0.2) is 30.5 Å². The summed E-state index contributed by atoms with van der Waals surface area (Å²) in [4.78, 5) is 7.41. The number of ether oxygens (including phenoxy) is 1. The summed E-state index contributed by atoms with van der Waals surface area (Å²) < 4.78 is 29.3. The zero-order valence-electron chi connectivity index (χ0n) is 11.1. The quantitative estimate of drug-likeness (QED) is 0.855. The third-order valence-corrected chi connectivity index (χ3v) is 3.06. The first-order valence-corrected chi connectivity index (χ1v) is 6.41. The first-order valence-electron chi connectivity index (χ1n) is 6.41. The molecule has 0 aliphatic heterocycles. The van der Waals surface area contributed by atoms with Crippen molar-refractivity contribution >= 4 is 0 Å². The Morgan fingerprint density at radius 1 is 1.35 bits per heavy atom. The number of nitrogens with one attached hydrogen (secondary N) is 1. The largest absolute Gasteiger partial charge is 0.434 e. The van der Waals surface area contributed by atoms with Gasteiger partial charge in [-0.25, -0.2) is 4.98 Å². The van der Waals surface area contributed by atoms with Gasteiger partial charge in [-0.3, -0.25) is 0 Å². The molecule has 108 valence electrons. The van der Waals surface area contributed by atoms with Crippen LogP contribution in [0.2, 0.25) is 0 Å². The van der Waals surface area contributed by atoms with Gasteiger partial charge < -0.3 is 15.5 Å². The zero-order valence-corrected chi connectivity index (χ0v) is 11.1. The Bertz CT molecular complexity index is 557. The van der Waals surface area contributed by atoms with Crippen molar-refractivity contribution in [3.63, 3.8) is 0 Å². The number of rotatable bonds is 6. The zero-order chi connectivity index (χ0) is 14.5. The first kappa shape index (κ1) is 14.5. The van der Waals surface area contributed by atoms with Gasteiger partial charge in [-0.15, -0.1) is 0 Å². The number of hydrogen-bond donors (Lipinski definition) is 2. The first-order chi connectivity index (χ1) is 9.61. The molecule has 0 spiro atoms. The van der Waals surface area contributed by atoms with Crippen LogP contribution >= 0.6 is 0 Å². The van der Waals surface area contributed by atoms with Gasteiger partial charge in [-0.05, 0) is 25.1 Å². The second-order valence-corrected chi connectivity index (χ2v) is 4.54. The fourth-order valence-corrected chi connectivity index (χ4v) is 2.00. The highest BCUT2D eigenvalue weighted by molar-refractivity contribution is 5.66. The maximum absolute atomic E-state index is 12.4. The second kappa shape index (κ2) is 6.47. The molecule has 1 aromatic heterocycles. The van der Waals surface area contributed by atoms with E-state index in [9.17, 15) is 8.78 Å². The average molecular weight is 281 g/mol. The van der Waals surface area contributed by atoms with E-state index in [0.717, 1.165) is 12.2 Å². The number of nitrogens with two attached hydrogens (primary N) is 1. The van der Waals surface area contributed by atoms with E-state index in [-0.39, 0.29) is 11.7 Å². The molecule has 20 heavy (non-hydrogen) atoms. The fourth-order valence-electron chi connectivity index (χ4n) is 2.00. The van der Waals surface area contributed by atoms with Gasteiger partial charge in [0, 0.05) is 11.5 Å². The standard InChI is InChI=1S/C14H17F2N3O/c1-9(6-7-17)13-18-8-11(19-13)10-4-2-3-5-12(10)20-14(15)16/h2-5,8-9,14H,6-7,17H2,1H3,(H,18,19). The molecule has 1 atom stereocenters. The summed E-state index contributed by atoms with van der Waals surface area (Å²) in [6.45, 7) is -0.269. The topological polar surface area (TPSA) is 63.9 Å². The molecule has 0 aliphatic rings. The number of benzene rings is 1. The molecule has 0 saturated heterocycles. The Hall–Kier alpha value is -1.95. The molecule has 1 heterocycles. The van der Waals surface area contributed by atoms with Crippen LogP contribution < -0.4 is 10.5 Å². The summed E-state index contributed by atoms with van der Waals surface area (Å²) >= 11 is 0. The van der Waals surface area contributed by atoms with Crippen molar-refractivity contribution in [1.82, 2.24) is 9.97 Å². The fraction of sp³-hybridized carbons (Fsp3) is 0.357. The highest BCUT2D eigenvalue weighted by atomic mass is 19.3. The molecule has 0 bridgehead atoms. The third kappa shape index (κ3) is 3.33. The van der Waals surface area contributed by atoms with Crippen molar-refractivity contribution in [2.75, 3.05) is 6.54 Å². The van der Waals surface area contributed by atoms with Gasteiger partial charge in [0.1, 0.15) is 11.6 Å². The molecule has 0 radical (unpaired) electrons. The highest BCUT2D eigenvalue weighted by Gasteiger charge is 2.14. The van der Waals surface area contributed by atoms with E-state index < -0.39 is 6.61 Å². The van der Waals surface area contributed by atoms with Crippen LogP contribution in [0.25, 0.3) is 11.3 Å². The molecule has 0 amide bonds. The van der Waals surface area contributed by atoms with E-state index in [0.29, 0.717) is 17.8 Å². The second-order valence-electron chi connectivity index (χ2n) is 4.54. The summed E-state index contributed by atoms with van der Waals surface area (Å²) in [5.74, 6) is 1.11. The Balaban J connectivity index is 2.28. The number of nitrogens with zero attached hydrogens (tertiary/aromatic N) is 1. The van der Waals surface area contributed by atoms with Gasteiger partial charge in [-0.1, -0.05) is 19.1 Å².